The Balaban J connectivity index is 2.27. The number of hydrogen-bond acceptors (Lipinski definition) is 2. The highest BCUT2D eigenvalue weighted by Crippen LogP contribution is 2.30. The van der Waals surface area contributed by atoms with Gasteiger partial charge in [0.25, 0.3) is 0 Å². The molecule has 1 atom stereocenters. The summed E-state index contributed by atoms with van der Waals surface area (Å²) in [6, 6.07) is 0. The first-order valence-electron chi connectivity index (χ1n) is 6.54. The van der Waals surface area contributed by atoms with E-state index in [0.717, 1.165) is 18.5 Å². The fraction of sp³-hybridized carbons (Fsp3) is 0.714. The van der Waals surface area contributed by atoms with Gasteiger partial charge in [-0.1, -0.05) is 20.8 Å². The van der Waals surface area contributed by atoms with E-state index >= 15 is 0 Å². The molecule has 0 spiro atoms. The molecule has 1 aromatic heterocycles. The minimum absolute atomic E-state index is 0.0373. The topological polar surface area (TPSA) is 46.9 Å². The summed E-state index contributed by atoms with van der Waals surface area (Å²) in [4.78, 5) is 11.4. The highest BCUT2D eigenvalue weighted by Gasteiger charge is 2.35. The third-order valence-electron chi connectivity index (χ3n) is 3.54. The molecule has 0 bridgehead atoms. The number of nitrogens with one attached hydrogen (secondary N) is 1. The van der Waals surface area contributed by atoms with E-state index in [0.29, 0.717) is 6.42 Å². The Morgan fingerprint density at radius 2 is 2.17 bits per heavy atom. The zero-order valence-corrected chi connectivity index (χ0v) is 12.0. The second-order valence-corrected chi connectivity index (χ2v) is 6.71. The van der Waals surface area contributed by atoms with E-state index in [2.05, 4.69) is 44.3 Å². The Kier molecular flexibility index (Phi) is 2.99. The van der Waals surface area contributed by atoms with Gasteiger partial charge in [0.05, 0.1) is 5.69 Å². The molecule has 2 heterocycles. The second kappa shape index (κ2) is 4.11. The van der Waals surface area contributed by atoms with Crippen LogP contribution in [0.15, 0.2) is 6.20 Å². The van der Waals surface area contributed by atoms with Gasteiger partial charge in [-0.15, -0.1) is 0 Å². The summed E-state index contributed by atoms with van der Waals surface area (Å²) in [5.74, 6) is 0.165. The van der Waals surface area contributed by atoms with Crippen LogP contribution in [0.1, 0.15) is 51.8 Å². The fourth-order valence-electron chi connectivity index (χ4n) is 2.70. The standard InChI is InChI=1S/C14H23N3O/c1-13(2,3)12-10(9-17(5)16-12)8-14(4)7-6-11(18)15-14/h9H,6-8H2,1-5H3,(H,15,18). The summed E-state index contributed by atoms with van der Waals surface area (Å²) in [5.41, 5.74) is 2.30. The van der Waals surface area contributed by atoms with Gasteiger partial charge < -0.3 is 5.32 Å². The number of aromatic nitrogens is 2. The van der Waals surface area contributed by atoms with Crippen LogP contribution in [0.2, 0.25) is 0 Å². The van der Waals surface area contributed by atoms with Crippen molar-refractivity contribution in [2.24, 2.45) is 7.05 Å². The molecule has 1 aromatic rings. The Bertz CT molecular complexity index is 470. The lowest BCUT2D eigenvalue weighted by molar-refractivity contribution is -0.119. The van der Waals surface area contributed by atoms with E-state index in [1.807, 2.05) is 11.7 Å². The van der Waals surface area contributed by atoms with Crippen LogP contribution >= 0.6 is 0 Å². The minimum Gasteiger partial charge on any atom is -0.351 e. The van der Waals surface area contributed by atoms with Crippen molar-refractivity contribution in [2.45, 2.75) is 57.9 Å². The van der Waals surface area contributed by atoms with Crippen LogP contribution in [-0.4, -0.2) is 21.2 Å². The first-order valence-corrected chi connectivity index (χ1v) is 6.54. The van der Waals surface area contributed by atoms with Crippen molar-refractivity contribution in [3.05, 3.63) is 17.5 Å². The van der Waals surface area contributed by atoms with Crippen molar-refractivity contribution in [3.8, 4) is 0 Å². The van der Waals surface area contributed by atoms with Crippen molar-refractivity contribution in [1.82, 2.24) is 15.1 Å². The third-order valence-corrected chi connectivity index (χ3v) is 3.54. The molecule has 1 fully saturated rings. The molecule has 0 aliphatic carbocycles. The van der Waals surface area contributed by atoms with Gasteiger partial charge in [-0.25, -0.2) is 0 Å². The van der Waals surface area contributed by atoms with Gasteiger partial charge in [0.15, 0.2) is 0 Å². The lowest BCUT2D eigenvalue weighted by atomic mass is 9.84. The minimum atomic E-state index is -0.111. The molecule has 1 aliphatic heterocycles. The highest BCUT2D eigenvalue weighted by atomic mass is 16.2. The molecule has 0 radical (unpaired) electrons. The summed E-state index contributed by atoms with van der Waals surface area (Å²) < 4.78 is 1.87. The van der Waals surface area contributed by atoms with Gasteiger partial charge in [0, 0.05) is 30.6 Å². The lowest BCUT2D eigenvalue weighted by Crippen LogP contribution is -2.40. The molecule has 1 unspecified atom stereocenters. The summed E-state index contributed by atoms with van der Waals surface area (Å²) in [7, 11) is 1.95. The molecule has 18 heavy (non-hydrogen) atoms. The SMILES string of the molecule is Cn1cc(CC2(C)CCC(=O)N2)c(C(C)(C)C)n1. The van der Waals surface area contributed by atoms with E-state index < -0.39 is 0 Å². The molecular weight excluding hydrogens is 226 g/mol. The van der Waals surface area contributed by atoms with Crippen molar-refractivity contribution in [3.63, 3.8) is 0 Å². The van der Waals surface area contributed by atoms with Crippen LogP contribution in [0.3, 0.4) is 0 Å². The van der Waals surface area contributed by atoms with Gasteiger partial charge in [0.2, 0.25) is 5.91 Å². The van der Waals surface area contributed by atoms with Crippen LogP contribution in [0, 0.1) is 0 Å². The van der Waals surface area contributed by atoms with Gasteiger partial charge in [-0.05, 0) is 25.3 Å². The van der Waals surface area contributed by atoms with Crippen LogP contribution in [-0.2, 0) is 23.7 Å². The number of rotatable bonds is 2. The fourth-order valence-corrected chi connectivity index (χ4v) is 2.70. The molecule has 1 N–H and O–H groups in total. The quantitative estimate of drug-likeness (QED) is 0.870. The number of carbonyl (C=O) groups is 1. The van der Waals surface area contributed by atoms with E-state index in [4.69, 9.17) is 0 Å². The molecular formula is C14H23N3O. The Labute approximate surface area is 109 Å². The zero-order chi connectivity index (χ0) is 13.6. The summed E-state index contributed by atoms with van der Waals surface area (Å²) >= 11 is 0. The van der Waals surface area contributed by atoms with Gasteiger partial charge in [0.1, 0.15) is 0 Å². The summed E-state index contributed by atoms with van der Waals surface area (Å²) in [6.45, 7) is 8.65. The van der Waals surface area contributed by atoms with E-state index in [-0.39, 0.29) is 16.9 Å². The smallest absolute Gasteiger partial charge is 0.220 e. The van der Waals surface area contributed by atoms with Crippen molar-refractivity contribution >= 4 is 5.91 Å². The average molecular weight is 249 g/mol. The van der Waals surface area contributed by atoms with Crippen LogP contribution in [0.4, 0.5) is 0 Å². The number of amides is 1. The molecule has 2 rings (SSSR count). The Morgan fingerprint density at radius 3 is 2.67 bits per heavy atom. The maximum Gasteiger partial charge on any atom is 0.220 e. The number of carbonyl (C=O) groups excluding carboxylic acids is 1. The first-order chi connectivity index (χ1) is 8.20. The predicted octanol–water partition coefficient (Wildman–Crippen LogP) is 1.93. The molecule has 1 amide bonds. The Hall–Kier alpha value is -1.32. The molecule has 1 saturated heterocycles. The Morgan fingerprint density at radius 1 is 1.50 bits per heavy atom. The largest absolute Gasteiger partial charge is 0.351 e. The van der Waals surface area contributed by atoms with E-state index in [1.165, 1.54) is 5.56 Å². The predicted molar refractivity (Wildman–Crippen MR) is 71.4 cm³/mol. The zero-order valence-electron chi connectivity index (χ0n) is 12.0. The van der Waals surface area contributed by atoms with Crippen molar-refractivity contribution < 1.29 is 4.79 Å². The maximum atomic E-state index is 11.4. The average Bonchev–Trinajstić information content (AvgIpc) is 2.70. The van der Waals surface area contributed by atoms with Gasteiger partial charge >= 0.3 is 0 Å². The molecule has 100 valence electrons. The summed E-state index contributed by atoms with van der Waals surface area (Å²) in [6.07, 6.45) is 4.49. The first kappa shape index (κ1) is 13.1. The normalized spacial score (nSPS) is 24.4. The van der Waals surface area contributed by atoms with Crippen LogP contribution < -0.4 is 5.32 Å². The molecule has 0 aromatic carbocycles. The van der Waals surface area contributed by atoms with Crippen LogP contribution in [0.25, 0.3) is 0 Å². The molecule has 4 heteroatoms. The number of nitrogens with zero attached hydrogens (tertiary/aromatic N) is 2. The lowest BCUT2D eigenvalue weighted by Gasteiger charge is -2.25. The number of hydrogen-bond donors (Lipinski definition) is 1. The highest BCUT2D eigenvalue weighted by molar-refractivity contribution is 5.79. The second-order valence-electron chi connectivity index (χ2n) is 6.71. The van der Waals surface area contributed by atoms with Crippen molar-refractivity contribution in [1.29, 1.82) is 0 Å². The van der Waals surface area contributed by atoms with Gasteiger partial charge in [-0.3, -0.25) is 9.48 Å². The molecule has 1 aliphatic rings. The van der Waals surface area contributed by atoms with Crippen LogP contribution in [0.5, 0.6) is 0 Å². The monoisotopic (exact) mass is 249 g/mol. The molecule has 4 nitrogen and oxygen atoms in total. The summed E-state index contributed by atoms with van der Waals surface area (Å²) in [5, 5.41) is 7.67. The van der Waals surface area contributed by atoms with E-state index in [1.54, 1.807) is 0 Å². The third kappa shape index (κ3) is 2.57. The number of aryl methyl sites for hydroxylation is 1. The van der Waals surface area contributed by atoms with E-state index in [9.17, 15) is 4.79 Å². The molecule has 0 saturated carbocycles. The van der Waals surface area contributed by atoms with Gasteiger partial charge in [-0.2, -0.15) is 5.10 Å². The maximum absolute atomic E-state index is 11.4. The van der Waals surface area contributed by atoms with Crippen molar-refractivity contribution in [2.75, 3.05) is 0 Å².